The van der Waals surface area contributed by atoms with E-state index < -0.39 is 18.2 Å². The number of aliphatic carboxylic acids is 1. The van der Waals surface area contributed by atoms with Crippen LogP contribution in [0.1, 0.15) is 58.8 Å². The van der Waals surface area contributed by atoms with Crippen LogP contribution in [0.4, 0.5) is 0 Å². The molecule has 2 unspecified atom stereocenters. The molecule has 0 radical (unpaired) electrons. The number of carboxylic acid groups (broad SMARTS) is 1. The van der Waals surface area contributed by atoms with E-state index in [0.29, 0.717) is 18.8 Å². The van der Waals surface area contributed by atoms with E-state index in [9.17, 15) is 15.0 Å². The van der Waals surface area contributed by atoms with Gasteiger partial charge in [0.2, 0.25) is 0 Å². The van der Waals surface area contributed by atoms with Crippen molar-refractivity contribution in [3.63, 3.8) is 0 Å². The molecule has 0 aromatic rings. The third kappa shape index (κ3) is 5.59. The first-order chi connectivity index (χ1) is 12.4. The first kappa shape index (κ1) is 20.5. The molecule has 4 nitrogen and oxygen atoms in total. The lowest BCUT2D eigenvalue weighted by Gasteiger charge is -2.13. The Labute approximate surface area is 156 Å². The Kier molecular flexibility index (Phi) is 7.68. The van der Waals surface area contributed by atoms with Crippen LogP contribution in [0.5, 0.6) is 0 Å². The van der Waals surface area contributed by atoms with Gasteiger partial charge in [-0.3, -0.25) is 4.79 Å². The van der Waals surface area contributed by atoms with Crippen LogP contribution in [0, 0.1) is 23.7 Å². The van der Waals surface area contributed by atoms with Crippen molar-refractivity contribution in [3.8, 4) is 11.8 Å². The summed E-state index contributed by atoms with van der Waals surface area (Å²) >= 11 is 0. The highest BCUT2D eigenvalue weighted by Crippen LogP contribution is 2.46. The van der Waals surface area contributed by atoms with E-state index >= 15 is 0 Å². The molecule has 2 aliphatic carbocycles. The maximum atomic E-state index is 10.6. The van der Waals surface area contributed by atoms with E-state index in [1.807, 2.05) is 13.0 Å². The van der Waals surface area contributed by atoms with Gasteiger partial charge in [0.1, 0.15) is 0 Å². The first-order valence-electron chi connectivity index (χ1n) is 9.49. The van der Waals surface area contributed by atoms with Gasteiger partial charge in [0.25, 0.3) is 0 Å². The van der Waals surface area contributed by atoms with Crippen molar-refractivity contribution in [2.75, 3.05) is 0 Å². The average Bonchev–Trinajstić information content (AvgIpc) is 3.10. The molecule has 3 N–H and O–H groups in total. The van der Waals surface area contributed by atoms with Crippen LogP contribution in [-0.4, -0.2) is 33.5 Å². The summed E-state index contributed by atoms with van der Waals surface area (Å²) in [6, 6.07) is 0. The summed E-state index contributed by atoms with van der Waals surface area (Å²) in [5.41, 5.74) is 3.59. The predicted octanol–water partition coefficient (Wildman–Crippen LogP) is 3.61. The minimum atomic E-state index is -0.748. The number of fused-ring (bicyclic) bond motifs is 1. The molecule has 0 saturated heterocycles. The van der Waals surface area contributed by atoms with Crippen molar-refractivity contribution >= 4 is 5.97 Å². The van der Waals surface area contributed by atoms with Gasteiger partial charge in [-0.15, -0.1) is 11.8 Å². The Morgan fingerprint density at radius 3 is 2.88 bits per heavy atom. The lowest BCUT2D eigenvalue weighted by molar-refractivity contribution is -0.137. The standard InChI is InChI=1S/C22H30O4/c1-3-4-7-15(2)20(23)11-10-18-19-13-16(8-5-6-9-22(25)26)12-17(19)14-21(18)24/h8,10-11,15,17,20-21,23-24H,5-7,9,12-14H2,1-2H3,(H,25,26)/b11-10+,16-8+/t15?,17-,20+,21?/m0/s1. The summed E-state index contributed by atoms with van der Waals surface area (Å²) in [7, 11) is 0. The minimum Gasteiger partial charge on any atom is -0.481 e. The van der Waals surface area contributed by atoms with Gasteiger partial charge in [-0.25, -0.2) is 0 Å². The SMILES string of the molecule is CC#CCC(C)[C@H](O)/C=C/C1=C2C/C(=C/CCCC(=O)O)C[C@H]2CC1O. The maximum Gasteiger partial charge on any atom is 0.303 e. The highest BCUT2D eigenvalue weighted by Gasteiger charge is 2.36. The van der Waals surface area contributed by atoms with Crippen molar-refractivity contribution in [3.05, 3.63) is 34.9 Å². The average molecular weight is 358 g/mol. The summed E-state index contributed by atoms with van der Waals surface area (Å²) < 4.78 is 0. The lowest BCUT2D eigenvalue weighted by atomic mass is 9.99. The molecule has 1 saturated carbocycles. The first-order valence-corrected chi connectivity index (χ1v) is 9.49. The highest BCUT2D eigenvalue weighted by atomic mass is 16.4. The number of hydrogen-bond acceptors (Lipinski definition) is 3. The van der Waals surface area contributed by atoms with Gasteiger partial charge in [0.05, 0.1) is 12.2 Å². The zero-order chi connectivity index (χ0) is 19.1. The minimum absolute atomic E-state index is 0.0620. The summed E-state index contributed by atoms with van der Waals surface area (Å²) in [5, 5.41) is 29.3. The van der Waals surface area contributed by atoms with E-state index in [2.05, 4.69) is 17.9 Å². The Balaban J connectivity index is 1.99. The highest BCUT2D eigenvalue weighted by molar-refractivity contribution is 5.66. The molecule has 0 aliphatic heterocycles. The normalized spacial score (nSPS) is 26.1. The smallest absolute Gasteiger partial charge is 0.303 e. The Morgan fingerprint density at radius 2 is 2.19 bits per heavy atom. The van der Waals surface area contributed by atoms with E-state index in [-0.39, 0.29) is 12.3 Å². The van der Waals surface area contributed by atoms with E-state index in [1.165, 1.54) is 11.1 Å². The number of carbonyl (C=O) groups is 1. The summed E-state index contributed by atoms with van der Waals surface area (Å²) in [4.78, 5) is 10.6. The molecule has 4 heteroatoms. The van der Waals surface area contributed by atoms with Crippen LogP contribution in [0.2, 0.25) is 0 Å². The van der Waals surface area contributed by atoms with Crippen molar-refractivity contribution in [1.29, 1.82) is 0 Å². The fourth-order valence-corrected chi connectivity index (χ4v) is 3.78. The second-order valence-corrected chi connectivity index (χ2v) is 7.42. The molecule has 2 aliphatic rings. The summed E-state index contributed by atoms with van der Waals surface area (Å²) in [5.74, 6) is 5.54. The fourth-order valence-electron chi connectivity index (χ4n) is 3.78. The molecule has 26 heavy (non-hydrogen) atoms. The maximum absolute atomic E-state index is 10.6. The number of unbranched alkanes of at least 4 members (excludes halogenated alkanes) is 1. The summed E-state index contributed by atoms with van der Waals surface area (Å²) in [6.45, 7) is 3.77. The molecule has 2 rings (SSSR count). The van der Waals surface area contributed by atoms with Crippen molar-refractivity contribution < 1.29 is 20.1 Å². The van der Waals surface area contributed by atoms with E-state index in [0.717, 1.165) is 31.3 Å². The molecule has 0 amide bonds. The molecule has 0 spiro atoms. The molecule has 0 aromatic carbocycles. The Bertz CT molecular complexity index is 659. The molecule has 0 bridgehead atoms. The van der Waals surface area contributed by atoms with Crippen LogP contribution in [-0.2, 0) is 4.79 Å². The molecular formula is C22H30O4. The Hall–Kier alpha value is -1.83. The van der Waals surface area contributed by atoms with E-state index in [4.69, 9.17) is 5.11 Å². The number of allylic oxidation sites excluding steroid dienone is 3. The molecule has 4 atom stereocenters. The van der Waals surface area contributed by atoms with Crippen molar-refractivity contribution in [2.45, 2.75) is 71.0 Å². The quantitative estimate of drug-likeness (QED) is 0.352. The zero-order valence-corrected chi connectivity index (χ0v) is 15.7. The third-order valence-corrected chi connectivity index (χ3v) is 5.34. The van der Waals surface area contributed by atoms with Gasteiger partial charge in [-0.1, -0.05) is 36.3 Å². The summed E-state index contributed by atoms with van der Waals surface area (Å²) in [6.07, 6.45) is 9.73. The van der Waals surface area contributed by atoms with Crippen LogP contribution in [0.25, 0.3) is 0 Å². The molecule has 0 aromatic heterocycles. The largest absolute Gasteiger partial charge is 0.481 e. The van der Waals surface area contributed by atoms with Crippen LogP contribution in [0.3, 0.4) is 0 Å². The van der Waals surface area contributed by atoms with Gasteiger partial charge in [0.15, 0.2) is 0 Å². The lowest BCUT2D eigenvalue weighted by Crippen LogP contribution is -2.14. The topological polar surface area (TPSA) is 77.8 Å². The van der Waals surface area contributed by atoms with Gasteiger partial charge >= 0.3 is 5.97 Å². The zero-order valence-electron chi connectivity index (χ0n) is 15.7. The fraction of sp³-hybridized carbons (Fsp3) is 0.591. The van der Waals surface area contributed by atoms with Gasteiger partial charge in [-0.05, 0) is 56.4 Å². The van der Waals surface area contributed by atoms with Crippen LogP contribution >= 0.6 is 0 Å². The second-order valence-electron chi connectivity index (χ2n) is 7.42. The van der Waals surface area contributed by atoms with E-state index in [1.54, 1.807) is 13.0 Å². The molecule has 142 valence electrons. The van der Waals surface area contributed by atoms with Gasteiger partial charge < -0.3 is 15.3 Å². The number of carboxylic acids is 1. The molecule has 1 fully saturated rings. The van der Waals surface area contributed by atoms with Crippen molar-refractivity contribution in [1.82, 2.24) is 0 Å². The molecular weight excluding hydrogens is 328 g/mol. The van der Waals surface area contributed by atoms with Crippen LogP contribution in [0.15, 0.2) is 34.9 Å². The van der Waals surface area contributed by atoms with Gasteiger partial charge in [0, 0.05) is 12.8 Å². The third-order valence-electron chi connectivity index (χ3n) is 5.34. The predicted molar refractivity (Wildman–Crippen MR) is 102 cm³/mol. The Morgan fingerprint density at radius 1 is 1.42 bits per heavy atom. The number of aliphatic hydroxyl groups is 2. The monoisotopic (exact) mass is 358 g/mol. The van der Waals surface area contributed by atoms with Crippen molar-refractivity contribution in [2.24, 2.45) is 11.8 Å². The van der Waals surface area contributed by atoms with Gasteiger partial charge in [-0.2, -0.15) is 0 Å². The number of hydrogen-bond donors (Lipinski definition) is 3. The molecule has 0 heterocycles. The number of rotatable bonds is 8. The number of aliphatic hydroxyl groups excluding tert-OH is 2. The van der Waals surface area contributed by atoms with Crippen LogP contribution < -0.4 is 0 Å². The second kappa shape index (κ2) is 9.75.